The number of amides is 1. The Morgan fingerprint density at radius 3 is 2.62 bits per heavy atom. The maximum Gasteiger partial charge on any atom is 0.222 e. The Bertz CT molecular complexity index is 534. The highest BCUT2D eigenvalue weighted by atomic mass is 16.5. The number of likely N-dealkylation sites (tertiary alicyclic amines) is 1. The summed E-state index contributed by atoms with van der Waals surface area (Å²) in [5.74, 6) is 1.35. The van der Waals surface area contributed by atoms with Gasteiger partial charge < -0.3 is 9.64 Å². The number of benzene rings is 1. The van der Waals surface area contributed by atoms with Crippen molar-refractivity contribution < 1.29 is 9.53 Å². The number of hydrogen-bond acceptors (Lipinski definition) is 2. The van der Waals surface area contributed by atoms with E-state index < -0.39 is 0 Å². The van der Waals surface area contributed by atoms with Crippen LogP contribution in [0, 0.1) is 11.8 Å². The van der Waals surface area contributed by atoms with Crippen LogP contribution in [0.4, 0.5) is 0 Å². The highest BCUT2D eigenvalue weighted by molar-refractivity contribution is 5.76. The van der Waals surface area contributed by atoms with E-state index in [9.17, 15) is 4.79 Å². The molecular formula is C21H31NO2. The largest absolute Gasteiger partial charge is 0.376 e. The number of carbonyl (C=O) groups is 1. The smallest absolute Gasteiger partial charge is 0.222 e. The minimum atomic E-state index is -0.0610. The van der Waals surface area contributed by atoms with Gasteiger partial charge in [0.2, 0.25) is 5.91 Å². The van der Waals surface area contributed by atoms with Crippen molar-refractivity contribution in [2.75, 3.05) is 19.7 Å². The molecule has 1 amide bonds. The Kier molecular flexibility index (Phi) is 5.60. The maximum atomic E-state index is 12.7. The van der Waals surface area contributed by atoms with Crippen molar-refractivity contribution >= 4 is 5.91 Å². The molecule has 0 radical (unpaired) electrons. The summed E-state index contributed by atoms with van der Waals surface area (Å²) in [5, 5.41) is 0. The van der Waals surface area contributed by atoms with Gasteiger partial charge in [0.25, 0.3) is 0 Å². The minimum Gasteiger partial charge on any atom is -0.376 e. The summed E-state index contributed by atoms with van der Waals surface area (Å²) in [4.78, 5) is 14.8. The van der Waals surface area contributed by atoms with Crippen LogP contribution in [0.3, 0.4) is 0 Å². The van der Waals surface area contributed by atoms with Crippen molar-refractivity contribution in [3.8, 4) is 0 Å². The lowest BCUT2D eigenvalue weighted by molar-refractivity contribution is -0.133. The molecule has 132 valence electrons. The van der Waals surface area contributed by atoms with E-state index in [1.54, 1.807) is 0 Å². The number of rotatable bonds is 5. The van der Waals surface area contributed by atoms with Gasteiger partial charge in [-0.2, -0.15) is 0 Å². The minimum absolute atomic E-state index is 0.0610. The summed E-state index contributed by atoms with van der Waals surface area (Å²) in [6.45, 7) is 7.09. The molecule has 1 aromatic carbocycles. The highest BCUT2D eigenvalue weighted by Crippen LogP contribution is 2.36. The molecule has 2 atom stereocenters. The van der Waals surface area contributed by atoms with Crippen LogP contribution in [0.2, 0.25) is 0 Å². The zero-order valence-corrected chi connectivity index (χ0v) is 15.2. The second-order valence-corrected chi connectivity index (χ2v) is 8.10. The molecule has 2 heterocycles. The fourth-order valence-electron chi connectivity index (χ4n) is 4.32. The fourth-order valence-corrected chi connectivity index (χ4v) is 4.32. The molecule has 2 unspecified atom stereocenters. The summed E-state index contributed by atoms with van der Waals surface area (Å²) in [6, 6.07) is 10.6. The van der Waals surface area contributed by atoms with Gasteiger partial charge in [-0.05, 0) is 63.4 Å². The van der Waals surface area contributed by atoms with Gasteiger partial charge in [0.15, 0.2) is 0 Å². The molecule has 3 heteroatoms. The Labute approximate surface area is 146 Å². The Morgan fingerprint density at radius 1 is 1.25 bits per heavy atom. The van der Waals surface area contributed by atoms with Crippen LogP contribution >= 0.6 is 0 Å². The number of carbonyl (C=O) groups excluding carboxylic acids is 1. The molecule has 0 spiro atoms. The second kappa shape index (κ2) is 7.69. The monoisotopic (exact) mass is 329 g/mol. The van der Waals surface area contributed by atoms with Crippen LogP contribution < -0.4 is 0 Å². The first-order chi connectivity index (χ1) is 11.5. The van der Waals surface area contributed by atoms with Crippen molar-refractivity contribution in [1.82, 2.24) is 4.90 Å². The van der Waals surface area contributed by atoms with E-state index in [-0.39, 0.29) is 5.60 Å². The van der Waals surface area contributed by atoms with Crippen molar-refractivity contribution in [2.24, 2.45) is 11.8 Å². The van der Waals surface area contributed by atoms with Gasteiger partial charge in [-0.1, -0.05) is 30.3 Å². The summed E-state index contributed by atoms with van der Waals surface area (Å²) in [7, 11) is 0. The summed E-state index contributed by atoms with van der Waals surface area (Å²) in [5.41, 5.74) is 1.29. The number of ether oxygens (including phenoxy) is 1. The van der Waals surface area contributed by atoms with Crippen molar-refractivity contribution in [1.29, 1.82) is 0 Å². The van der Waals surface area contributed by atoms with E-state index in [2.05, 4.69) is 49.1 Å². The summed E-state index contributed by atoms with van der Waals surface area (Å²) >= 11 is 0. The first-order valence-electron chi connectivity index (χ1n) is 9.49. The fraction of sp³-hybridized carbons (Fsp3) is 0.667. The van der Waals surface area contributed by atoms with Crippen LogP contribution in [0.1, 0.15) is 51.5 Å². The van der Waals surface area contributed by atoms with Crippen molar-refractivity contribution in [3.05, 3.63) is 35.9 Å². The Balaban J connectivity index is 1.71. The number of nitrogens with zero attached hydrogens (tertiary/aromatic N) is 1. The third-order valence-electron chi connectivity index (χ3n) is 5.64. The lowest BCUT2D eigenvalue weighted by Gasteiger charge is -2.39. The normalized spacial score (nSPS) is 24.8. The average Bonchev–Trinajstić information content (AvgIpc) is 3.09. The molecule has 1 aromatic rings. The van der Waals surface area contributed by atoms with E-state index >= 15 is 0 Å². The molecule has 0 aliphatic carbocycles. The van der Waals surface area contributed by atoms with Gasteiger partial charge in [0.1, 0.15) is 0 Å². The molecule has 2 saturated heterocycles. The van der Waals surface area contributed by atoms with Crippen LogP contribution in [0.5, 0.6) is 0 Å². The van der Waals surface area contributed by atoms with Gasteiger partial charge in [-0.15, -0.1) is 0 Å². The van der Waals surface area contributed by atoms with Crippen LogP contribution in [0.25, 0.3) is 0 Å². The Hall–Kier alpha value is -1.35. The molecular weight excluding hydrogens is 298 g/mol. The van der Waals surface area contributed by atoms with Crippen LogP contribution in [-0.2, 0) is 16.0 Å². The Morgan fingerprint density at radius 2 is 1.96 bits per heavy atom. The second-order valence-electron chi connectivity index (χ2n) is 8.10. The van der Waals surface area contributed by atoms with Crippen molar-refractivity contribution in [3.63, 3.8) is 0 Å². The third kappa shape index (κ3) is 4.60. The molecule has 0 saturated carbocycles. The lowest BCUT2D eigenvalue weighted by Crippen LogP contribution is -2.39. The van der Waals surface area contributed by atoms with Crippen molar-refractivity contribution in [2.45, 2.75) is 58.0 Å². The van der Waals surface area contributed by atoms with Crippen LogP contribution in [-0.4, -0.2) is 36.1 Å². The molecule has 2 aliphatic heterocycles. The quantitative estimate of drug-likeness (QED) is 0.815. The molecule has 0 N–H and O–H groups in total. The van der Waals surface area contributed by atoms with Gasteiger partial charge in [0, 0.05) is 26.1 Å². The predicted molar refractivity (Wildman–Crippen MR) is 96.8 cm³/mol. The number of hydrogen-bond donors (Lipinski definition) is 0. The average molecular weight is 329 g/mol. The maximum absolute atomic E-state index is 12.7. The van der Waals surface area contributed by atoms with Gasteiger partial charge in [-0.3, -0.25) is 4.79 Å². The third-order valence-corrected chi connectivity index (χ3v) is 5.64. The topological polar surface area (TPSA) is 29.5 Å². The highest BCUT2D eigenvalue weighted by Gasteiger charge is 2.35. The molecule has 3 rings (SSSR count). The van der Waals surface area contributed by atoms with Crippen LogP contribution in [0.15, 0.2) is 30.3 Å². The van der Waals surface area contributed by atoms with Gasteiger partial charge in [-0.25, -0.2) is 0 Å². The van der Waals surface area contributed by atoms with Gasteiger partial charge in [0.05, 0.1) is 5.60 Å². The zero-order chi connectivity index (χ0) is 17.0. The first kappa shape index (κ1) is 17.5. The zero-order valence-electron chi connectivity index (χ0n) is 15.2. The van der Waals surface area contributed by atoms with E-state index in [0.717, 1.165) is 39.0 Å². The lowest BCUT2D eigenvalue weighted by atomic mass is 9.75. The van der Waals surface area contributed by atoms with E-state index in [1.165, 1.54) is 18.4 Å². The first-order valence-corrected chi connectivity index (χ1v) is 9.49. The predicted octanol–water partition coefficient (Wildman–Crippen LogP) is 4.06. The molecule has 0 bridgehead atoms. The summed E-state index contributed by atoms with van der Waals surface area (Å²) < 4.78 is 5.91. The SMILES string of the molecule is CC1(C)CC(C(CC(=O)N2CCCC2)Cc2ccccc2)CCO1. The van der Waals surface area contributed by atoms with E-state index in [4.69, 9.17) is 4.74 Å². The molecule has 2 aliphatic rings. The van der Waals surface area contributed by atoms with Gasteiger partial charge >= 0.3 is 0 Å². The molecule has 2 fully saturated rings. The van der Waals surface area contributed by atoms with E-state index in [0.29, 0.717) is 24.2 Å². The molecule has 3 nitrogen and oxygen atoms in total. The van der Waals surface area contributed by atoms with E-state index in [1.807, 2.05) is 0 Å². The summed E-state index contributed by atoms with van der Waals surface area (Å²) in [6.07, 6.45) is 6.15. The molecule has 0 aromatic heterocycles. The molecule has 24 heavy (non-hydrogen) atoms. The standard InChI is InChI=1S/C21H31NO2/c1-21(2)16-18(10-13-24-21)19(14-17-8-4-3-5-9-17)15-20(23)22-11-6-7-12-22/h3-5,8-9,18-19H,6-7,10-16H2,1-2H3.